The van der Waals surface area contributed by atoms with Gasteiger partial charge >= 0.3 is 5.97 Å². The molecule has 0 aromatic carbocycles. The molecule has 0 heterocycles. The number of carboxylic acid groups (broad SMARTS) is 1. The van der Waals surface area contributed by atoms with E-state index in [1.807, 2.05) is 6.26 Å². The van der Waals surface area contributed by atoms with Gasteiger partial charge in [0.05, 0.1) is 6.04 Å². The van der Waals surface area contributed by atoms with E-state index < -0.39 is 47.9 Å². The summed E-state index contributed by atoms with van der Waals surface area (Å²) in [7, 11) is 0. The molecule has 36 heavy (non-hydrogen) atoms. The van der Waals surface area contributed by atoms with Crippen molar-refractivity contribution in [1.82, 2.24) is 16.0 Å². The molecule has 0 aliphatic heterocycles. The van der Waals surface area contributed by atoms with Gasteiger partial charge in [0.2, 0.25) is 17.7 Å². The van der Waals surface area contributed by atoms with Crippen molar-refractivity contribution in [2.75, 3.05) is 25.1 Å². The van der Waals surface area contributed by atoms with Crippen molar-refractivity contribution < 1.29 is 24.3 Å². The molecule has 0 aliphatic carbocycles. The average Bonchev–Trinajstić information content (AvgIpc) is 2.80. The fourth-order valence-electron chi connectivity index (χ4n) is 2.86. The Labute approximate surface area is 214 Å². The van der Waals surface area contributed by atoms with Crippen molar-refractivity contribution >= 4 is 47.4 Å². The number of guanidine groups is 2. The number of hydrogen-bond acceptors (Lipinski definition) is 8. The zero-order chi connectivity index (χ0) is 27.7. The number of amides is 3. The molecule has 16 heteroatoms. The van der Waals surface area contributed by atoms with E-state index in [9.17, 15) is 24.3 Å². The van der Waals surface area contributed by atoms with Gasteiger partial charge in [-0.05, 0) is 51.0 Å². The number of nitrogens with one attached hydrogen (secondary N) is 3. The number of thioether (sulfide) groups is 1. The standard InChI is InChI=1S/C20H40N10O5S/c1-11(28-16(32)12(21)7-10-36-2)15(31)29-13(5-3-8-26-19(22)23)17(33)30-14(18(34)35)6-4-9-27-20(24)25/h11-14H,3-10,21H2,1-2H3,(H,28,32)(H,29,31)(H,30,33)(H,34,35)(H4,22,23,26)(H4,24,25,27). The molecule has 0 aliphatic rings. The first-order valence-electron chi connectivity index (χ1n) is 11.4. The molecule has 0 aromatic rings. The van der Waals surface area contributed by atoms with Crippen LogP contribution in [0.1, 0.15) is 39.0 Å². The van der Waals surface area contributed by atoms with Gasteiger partial charge in [0.1, 0.15) is 18.1 Å². The Morgan fingerprint density at radius 2 is 1.31 bits per heavy atom. The second kappa shape index (κ2) is 18.1. The monoisotopic (exact) mass is 532 g/mol. The van der Waals surface area contributed by atoms with Crippen LogP contribution in [0.4, 0.5) is 0 Å². The van der Waals surface area contributed by atoms with E-state index in [4.69, 9.17) is 28.7 Å². The van der Waals surface area contributed by atoms with Crippen LogP contribution in [0.25, 0.3) is 0 Å². The predicted octanol–water partition coefficient (Wildman–Crippen LogP) is -3.27. The van der Waals surface area contributed by atoms with Crippen molar-refractivity contribution in [1.29, 1.82) is 0 Å². The first kappa shape index (κ1) is 32.7. The third-order valence-corrected chi connectivity index (χ3v) is 5.50. The van der Waals surface area contributed by atoms with Crippen LogP contribution >= 0.6 is 11.8 Å². The van der Waals surface area contributed by atoms with Gasteiger partial charge in [0.25, 0.3) is 0 Å². The van der Waals surface area contributed by atoms with Crippen molar-refractivity contribution in [3.05, 3.63) is 0 Å². The van der Waals surface area contributed by atoms with E-state index >= 15 is 0 Å². The first-order valence-corrected chi connectivity index (χ1v) is 12.8. The van der Waals surface area contributed by atoms with Crippen LogP contribution in [-0.4, -0.2) is 90.0 Å². The normalized spacial score (nSPS) is 13.9. The zero-order valence-corrected chi connectivity index (χ0v) is 21.6. The highest BCUT2D eigenvalue weighted by atomic mass is 32.2. The summed E-state index contributed by atoms with van der Waals surface area (Å²) in [5.74, 6) is -2.66. The average molecular weight is 533 g/mol. The summed E-state index contributed by atoms with van der Waals surface area (Å²) in [6.45, 7) is 1.84. The van der Waals surface area contributed by atoms with Crippen LogP contribution in [0.15, 0.2) is 9.98 Å². The van der Waals surface area contributed by atoms with Crippen LogP contribution in [-0.2, 0) is 19.2 Å². The number of nitrogens with two attached hydrogens (primary N) is 5. The van der Waals surface area contributed by atoms with E-state index in [1.54, 1.807) is 11.8 Å². The molecule has 15 nitrogen and oxygen atoms in total. The minimum Gasteiger partial charge on any atom is -0.480 e. The highest BCUT2D eigenvalue weighted by Crippen LogP contribution is 2.05. The van der Waals surface area contributed by atoms with Crippen molar-refractivity contribution in [3.63, 3.8) is 0 Å². The van der Waals surface area contributed by atoms with Gasteiger partial charge < -0.3 is 49.7 Å². The van der Waals surface area contributed by atoms with Crippen molar-refractivity contribution in [2.24, 2.45) is 38.7 Å². The van der Waals surface area contributed by atoms with Crippen LogP contribution in [0.2, 0.25) is 0 Å². The first-order chi connectivity index (χ1) is 16.9. The summed E-state index contributed by atoms with van der Waals surface area (Å²) in [4.78, 5) is 57.0. The molecular weight excluding hydrogens is 492 g/mol. The molecule has 14 N–H and O–H groups in total. The number of hydrogen-bond donors (Lipinski definition) is 9. The van der Waals surface area contributed by atoms with Crippen LogP contribution in [0, 0.1) is 0 Å². The number of nitrogens with zero attached hydrogens (tertiary/aromatic N) is 2. The SMILES string of the molecule is CSCCC(N)C(=O)NC(C)C(=O)NC(CCCN=C(N)N)C(=O)NC(CCCN=C(N)N)C(=O)O. The number of carbonyl (C=O) groups is 4. The van der Waals surface area contributed by atoms with Gasteiger partial charge in [0.15, 0.2) is 11.9 Å². The minimum atomic E-state index is -1.25. The molecule has 0 radical (unpaired) electrons. The summed E-state index contributed by atoms with van der Waals surface area (Å²) in [5, 5.41) is 17.0. The molecule has 3 amide bonds. The number of rotatable bonds is 18. The van der Waals surface area contributed by atoms with Gasteiger partial charge in [-0.1, -0.05) is 0 Å². The van der Waals surface area contributed by atoms with Gasteiger partial charge in [-0.15, -0.1) is 0 Å². The molecule has 0 aromatic heterocycles. The topological polar surface area (TPSA) is 279 Å². The third kappa shape index (κ3) is 14.9. The number of carbonyl (C=O) groups excluding carboxylic acids is 3. The zero-order valence-electron chi connectivity index (χ0n) is 20.7. The van der Waals surface area contributed by atoms with Gasteiger partial charge in [0, 0.05) is 13.1 Å². The fraction of sp³-hybridized carbons (Fsp3) is 0.700. The Kier molecular flexibility index (Phi) is 16.4. The molecular formula is C20H40N10O5S. The molecule has 0 rings (SSSR count). The Bertz CT molecular complexity index is 787. The van der Waals surface area contributed by atoms with E-state index in [0.717, 1.165) is 0 Å². The predicted molar refractivity (Wildman–Crippen MR) is 140 cm³/mol. The summed E-state index contributed by atoms with van der Waals surface area (Å²) >= 11 is 1.54. The lowest BCUT2D eigenvalue weighted by Crippen LogP contribution is -2.56. The number of aliphatic imine (C=N–C) groups is 2. The summed E-state index contributed by atoms with van der Waals surface area (Å²) < 4.78 is 0. The maximum absolute atomic E-state index is 12.9. The smallest absolute Gasteiger partial charge is 0.326 e. The van der Waals surface area contributed by atoms with E-state index in [-0.39, 0.29) is 37.9 Å². The molecule has 0 spiro atoms. The molecule has 4 atom stereocenters. The van der Waals surface area contributed by atoms with Crippen LogP contribution in [0.3, 0.4) is 0 Å². The molecule has 0 saturated heterocycles. The molecule has 4 unspecified atom stereocenters. The Balaban J connectivity index is 5.24. The minimum absolute atomic E-state index is 0.0624. The Morgan fingerprint density at radius 1 is 0.806 bits per heavy atom. The molecule has 0 fully saturated rings. The van der Waals surface area contributed by atoms with E-state index in [0.29, 0.717) is 25.0 Å². The van der Waals surface area contributed by atoms with Crippen LogP contribution in [0.5, 0.6) is 0 Å². The van der Waals surface area contributed by atoms with Gasteiger partial charge in [-0.3, -0.25) is 24.4 Å². The largest absolute Gasteiger partial charge is 0.480 e. The maximum Gasteiger partial charge on any atom is 0.326 e. The lowest BCUT2D eigenvalue weighted by molar-refractivity contribution is -0.142. The van der Waals surface area contributed by atoms with Crippen LogP contribution < -0.4 is 44.6 Å². The van der Waals surface area contributed by atoms with E-state index in [2.05, 4.69) is 25.9 Å². The fourth-order valence-corrected chi connectivity index (χ4v) is 3.35. The maximum atomic E-state index is 12.9. The van der Waals surface area contributed by atoms with Crippen molar-refractivity contribution in [2.45, 2.75) is 63.2 Å². The molecule has 206 valence electrons. The highest BCUT2D eigenvalue weighted by Gasteiger charge is 2.28. The summed E-state index contributed by atoms with van der Waals surface area (Å²) in [6.07, 6.45) is 3.12. The summed E-state index contributed by atoms with van der Waals surface area (Å²) in [5.41, 5.74) is 26.9. The second-order valence-electron chi connectivity index (χ2n) is 7.98. The van der Waals surface area contributed by atoms with Gasteiger partial charge in [-0.2, -0.15) is 11.8 Å². The Morgan fingerprint density at radius 3 is 1.78 bits per heavy atom. The second-order valence-corrected chi connectivity index (χ2v) is 8.96. The quantitative estimate of drug-likeness (QED) is 0.0479. The Hall–Kier alpha value is -3.27. The number of carboxylic acids is 1. The third-order valence-electron chi connectivity index (χ3n) is 4.86. The lowest BCUT2D eigenvalue weighted by atomic mass is 10.1. The molecule has 0 saturated carbocycles. The number of aliphatic carboxylic acids is 1. The molecule has 0 bridgehead atoms. The highest BCUT2D eigenvalue weighted by molar-refractivity contribution is 7.98. The van der Waals surface area contributed by atoms with E-state index in [1.165, 1.54) is 6.92 Å². The van der Waals surface area contributed by atoms with Gasteiger partial charge in [-0.25, -0.2) is 4.79 Å². The van der Waals surface area contributed by atoms with Crippen molar-refractivity contribution in [3.8, 4) is 0 Å². The lowest BCUT2D eigenvalue weighted by Gasteiger charge is -2.23. The summed E-state index contributed by atoms with van der Waals surface area (Å²) in [6, 6.07) is -4.09.